The van der Waals surface area contributed by atoms with Gasteiger partial charge in [-0.05, 0) is 19.8 Å². The first-order valence-electron chi connectivity index (χ1n) is 5.92. The Bertz CT molecular complexity index is 264. The lowest BCUT2D eigenvalue weighted by molar-refractivity contribution is -0.151. The highest BCUT2D eigenvalue weighted by Crippen LogP contribution is 2.26. The molecule has 4 heteroatoms. The van der Waals surface area contributed by atoms with Crippen molar-refractivity contribution in [3.8, 4) is 0 Å². The number of nitrogens with zero attached hydrogens (tertiary/aromatic N) is 2. The number of carbonyl (C=O) groups is 1. The minimum atomic E-state index is -0.379. The van der Waals surface area contributed by atoms with Crippen LogP contribution in [-0.4, -0.2) is 59.1 Å². The molecule has 1 heterocycles. The standard InChI is InChI=1S/C12H24N2O2/c1-9(2)6-14-10(7-15)11(16)13(5)8-12(14,3)4/h9-10,15H,6-8H2,1-5H3. The Kier molecular flexibility index (Phi) is 3.97. The summed E-state index contributed by atoms with van der Waals surface area (Å²) < 4.78 is 0. The lowest BCUT2D eigenvalue weighted by atomic mass is 9.93. The van der Waals surface area contributed by atoms with Gasteiger partial charge in [0, 0.05) is 25.7 Å². The Hall–Kier alpha value is -0.610. The molecule has 1 fully saturated rings. The minimum Gasteiger partial charge on any atom is -0.394 e. The Morgan fingerprint density at radius 1 is 1.50 bits per heavy atom. The van der Waals surface area contributed by atoms with Crippen LogP contribution in [0.2, 0.25) is 0 Å². The van der Waals surface area contributed by atoms with E-state index in [0.29, 0.717) is 5.92 Å². The van der Waals surface area contributed by atoms with Gasteiger partial charge in [-0.25, -0.2) is 0 Å². The van der Waals surface area contributed by atoms with Gasteiger partial charge in [-0.1, -0.05) is 13.8 Å². The maximum atomic E-state index is 12.0. The SMILES string of the molecule is CC(C)CN1C(CO)C(=O)N(C)CC1(C)C. The van der Waals surface area contributed by atoms with Crippen molar-refractivity contribution in [2.45, 2.75) is 39.3 Å². The fourth-order valence-electron chi connectivity index (χ4n) is 2.50. The molecule has 1 atom stereocenters. The fraction of sp³-hybridized carbons (Fsp3) is 0.917. The zero-order valence-electron chi connectivity index (χ0n) is 11.0. The summed E-state index contributed by atoms with van der Waals surface area (Å²) in [7, 11) is 1.81. The molecule has 0 bridgehead atoms. The molecule has 0 spiro atoms. The maximum absolute atomic E-state index is 12.0. The first kappa shape index (κ1) is 13.5. The Labute approximate surface area is 98.2 Å². The van der Waals surface area contributed by atoms with E-state index in [4.69, 9.17) is 0 Å². The van der Waals surface area contributed by atoms with E-state index in [-0.39, 0.29) is 24.1 Å². The van der Waals surface area contributed by atoms with E-state index < -0.39 is 0 Å². The quantitative estimate of drug-likeness (QED) is 0.767. The van der Waals surface area contributed by atoms with E-state index in [2.05, 4.69) is 32.6 Å². The highest BCUT2D eigenvalue weighted by molar-refractivity contribution is 5.83. The number of likely N-dealkylation sites (N-methyl/N-ethyl adjacent to an activating group) is 1. The molecule has 1 saturated heterocycles. The number of amides is 1. The van der Waals surface area contributed by atoms with Crippen molar-refractivity contribution >= 4 is 5.91 Å². The average Bonchev–Trinajstić information content (AvgIpc) is 2.14. The number of hydrogen-bond donors (Lipinski definition) is 1. The first-order valence-corrected chi connectivity index (χ1v) is 5.92. The molecule has 0 aromatic rings. The van der Waals surface area contributed by atoms with E-state index in [9.17, 15) is 9.90 Å². The molecule has 94 valence electrons. The van der Waals surface area contributed by atoms with Crippen LogP contribution in [0.15, 0.2) is 0 Å². The molecule has 4 nitrogen and oxygen atoms in total. The lowest BCUT2D eigenvalue weighted by Gasteiger charge is -2.50. The predicted molar refractivity (Wildman–Crippen MR) is 64.1 cm³/mol. The van der Waals surface area contributed by atoms with Crippen LogP contribution in [0, 0.1) is 5.92 Å². The second-order valence-corrected chi connectivity index (χ2v) is 5.75. The fourth-order valence-corrected chi connectivity index (χ4v) is 2.50. The summed E-state index contributed by atoms with van der Waals surface area (Å²) in [6.45, 7) is 9.98. The van der Waals surface area contributed by atoms with Gasteiger partial charge in [0.05, 0.1) is 6.61 Å². The third-order valence-electron chi connectivity index (χ3n) is 3.17. The Morgan fingerprint density at radius 2 is 2.06 bits per heavy atom. The molecule has 0 aliphatic carbocycles. The van der Waals surface area contributed by atoms with Crippen molar-refractivity contribution in [3.63, 3.8) is 0 Å². The van der Waals surface area contributed by atoms with Crippen molar-refractivity contribution in [3.05, 3.63) is 0 Å². The molecule has 0 aromatic carbocycles. The zero-order valence-corrected chi connectivity index (χ0v) is 11.0. The molecule has 1 aliphatic rings. The topological polar surface area (TPSA) is 43.8 Å². The highest BCUT2D eigenvalue weighted by atomic mass is 16.3. The number of piperazine rings is 1. The molecule has 1 unspecified atom stereocenters. The van der Waals surface area contributed by atoms with Gasteiger partial charge in [-0.15, -0.1) is 0 Å². The normalized spacial score (nSPS) is 26.6. The molecule has 1 amide bonds. The van der Waals surface area contributed by atoms with Gasteiger partial charge in [0.1, 0.15) is 6.04 Å². The van der Waals surface area contributed by atoms with E-state index in [1.54, 1.807) is 11.9 Å². The number of aliphatic hydroxyl groups is 1. The summed E-state index contributed by atoms with van der Waals surface area (Å²) in [6.07, 6.45) is 0. The molecule has 0 radical (unpaired) electrons. The summed E-state index contributed by atoms with van der Waals surface area (Å²) >= 11 is 0. The average molecular weight is 228 g/mol. The van der Waals surface area contributed by atoms with E-state index >= 15 is 0 Å². The summed E-state index contributed by atoms with van der Waals surface area (Å²) in [5.41, 5.74) is -0.0691. The van der Waals surface area contributed by atoms with Crippen LogP contribution in [0.3, 0.4) is 0 Å². The van der Waals surface area contributed by atoms with Crippen LogP contribution in [0.25, 0.3) is 0 Å². The van der Waals surface area contributed by atoms with Crippen molar-refractivity contribution in [1.82, 2.24) is 9.80 Å². The van der Waals surface area contributed by atoms with Crippen LogP contribution < -0.4 is 0 Å². The molecule has 16 heavy (non-hydrogen) atoms. The van der Waals surface area contributed by atoms with Gasteiger partial charge < -0.3 is 10.0 Å². The second kappa shape index (κ2) is 4.72. The van der Waals surface area contributed by atoms with Gasteiger partial charge >= 0.3 is 0 Å². The summed E-state index contributed by atoms with van der Waals surface area (Å²) in [5, 5.41) is 9.41. The number of hydrogen-bond acceptors (Lipinski definition) is 3. The van der Waals surface area contributed by atoms with Crippen LogP contribution in [-0.2, 0) is 4.79 Å². The number of carbonyl (C=O) groups excluding carboxylic acids is 1. The maximum Gasteiger partial charge on any atom is 0.242 e. The number of rotatable bonds is 3. The van der Waals surface area contributed by atoms with Gasteiger partial charge in [-0.3, -0.25) is 9.69 Å². The smallest absolute Gasteiger partial charge is 0.242 e. The molecular formula is C12H24N2O2. The van der Waals surface area contributed by atoms with Crippen LogP contribution in [0.4, 0.5) is 0 Å². The van der Waals surface area contributed by atoms with E-state index in [0.717, 1.165) is 13.1 Å². The van der Waals surface area contributed by atoms with Gasteiger partial charge in [0.15, 0.2) is 0 Å². The van der Waals surface area contributed by atoms with Crippen molar-refractivity contribution in [2.24, 2.45) is 5.92 Å². The van der Waals surface area contributed by atoms with Crippen LogP contribution >= 0.6 is 0 Å². The van der Waals surface area contributed by atoms with E-state index in [1.807, 2.05) is 0 Å². The lowest BCUT2D eigenvalue weighted by Crippen LogP contribution is -2.67. The Balaban J connectivity index is 2.93. The molecule has 1 N–H and O–H groups in total. The van der Waals surface area contributed by atoms with Gasteiger partial charge in [0.25, 0.3) is 0 Å². The summed E-state index contributed by atoms with van der Waals surface area (Å²) in [5.74, 6) is 0.520. The zero-order chi connectivity index (χ0) is 12.5. The summed E-state index contributed by atoms with van der Waals surface area (Å²) in [4.78, 5) is 15.8. The van der Waals surface area contributed by atoms with Gasteiger partial charge in [0.2, 0.25) is 5.91 Å². The monoisotopic (exact) mass is 228 g/mol. The molecule has 1 rings (SSSR count). The summed E-state index contributed by atoms with van der Waals surface area (Å²) in [6, 6.07) is -0.379. The second-order valence-electron chi connectivity index (χ2n) is 5.75. The van der Waals surface area contributed by atoms with Crippen molar-refractivity contribution in [2.75, 3.05) is 26.7 Å². The van der Waals surface area contributed by atoms with Crippen molar-refractivity contribution in [1.29, 1.82) is 0 Å². The first-order chi connectivity index (χ1) is 7.29. The Morgan fingerprint density at radius 3 is 2.50 bits per heavy atom. The van der Waals surface area contributed by atoms with Gasteiger partial charge in [-0.2, -0.15) is 0 Å². The third-order valence-corrected chi connectivity index (χ3v) is 3.17. The minimum absolute atomic E-state index is 0.0301. The molecule has 0 saturated carbocycles. The largest absolute Gasteiger partial charge is 0.394 e. The van der Waals surface area contributed by atoms with Crippen LogP contribution in [0.1, 0.15) is 27.7 Å². The van der Waals surface area contributed by atoms with E-state index in [1.165, 1.54) is 0 Å². The molecule has 1 aliphatic heterocycles. The molecule has 0 aromatic heterocycles. The molecular weight excluding hydrogens is 204 g/mol. The highest BCUT2D eigenvalue weighted by Gasteiger charge is 2.43. The third kappa shape index (κ3) is 2.55. The van der Waals surface area contributed by atoms with Crippen molar-refractivity contribution < 1.29 is 9.90 Å². The predicted octanol–water partition coefficient (Wildman–Crippen LogP) is 0.556. The number of aliphatic hydroxyl groups excluding tert-OH is 1. The van der Waals surface area contributed by atoms with Crippen LogP contribution in [0.5, 0.6) is 0 Å².